The number of aliphatic carboxylic acids is 1. The number of amides is 2. The van der Waals surface area contributed by atoms with Crippen molar-refractivity contribution >= 4 is 23.3 Å². The Labute approximate surface area is 126 Å². The van der Waals surface area contributed by atoms with E-state index in [1.54, 1.807) is 0 Å². The summed E-state index contributed by atoms with van der Waals surface area (Å²) in [4.78, 5) is 29.2. The first-order valence-corrected chi connectivity index (χ1v) is 7.67. The number of thiazole rings is 1. The van der Waals surface area contributed by atoms with Gasteiger partial charge in [-0.25, -0.2) is 9.78 Å². The summed E-state index contributed by atoms with van der Waals surface area (Å²) in [6.07, 6.45) is 0. The van der Waals surface area contributed by atoms with Crippen LogP contribution in [-0.4, -0.2) is 52.8 Å². The number of rotatable bonds is 5. The topological polar surface area (TPSA) is 91.8 Å². The van der Waals surface area contributed by atoms with E-state index < -0.39 is 17.9 Å². The third-order valence-corrected chi connectivity index (χ3v) is 4.39. The Kier molecular flexibility index (Phi) is 5.13. The van der Waals surface area contributed by atoms with Crippen molar-refractivity contribution in [3.05, 3.63) is 16.1 Å². The van der Waals surface area contributed by atoms with Crippen LogP contribution in [-0.2, 0) is 16.1 Å². The van der Waals surface area contributed by atoms with E-state index >= 15 is 0 Å². The van der Waals surface area contributed by atoms with E-state index in [9.17, 15) is 14.7 Å². The first-order chi connectivity index (χ1) is 10.0. The zero-order valence-corrected chi connectivity index (χ0v) is 12.9. The molecule has 0 bridgehead atoms. The van der Waals surface area contributed by atoms with Crippen molar-refractivity contribution in [2.24, 2.45) is 5.92 Å². The summed E-state index contributed by atoms with van der Waals surface area (Å²) < 4.78 is 5.22. The van der Waals surface area contributed by atoms with Gasteiger partial charge in [0.05, 0.1) is 25.8 Å². The second-order valence-electron chi connectivity index (χ2n) is 4.88. The average Bonchev–Trinajstić information content (AvgIpc) is 3.06. The molecule has 7 nitrogen and oxygen atoms in total. The highest BCUT2D eigenvalue weighted by Crippen LogP contribution is 2.20. The van der Waals surface area contributed by atoms with Gasteiger partial charge in [-0.2, -0.15) is 0 Å². The zero-order chi connectivity index (χ0) is 15.4. The molecule has 1 aromatic heterocycles. The zero-order valence-electron chi connectivity index (χ0n) is 12.0. The van der Waals surface area contributed by atoms with Gasteiger partial charge in [0.1, 0.15) is 10.9 Å². The number of carboxylic acids is 1. The van der Waals surface area contributed by atoms with Gasteiger partial charge in [-0.1, -0.05) is 0 Å². The van der Waals surface area contributed by atoms with Gasteiger partial charge in [0.2, 0.25) is 0 Å². The molecule has 8 heteroatoms. The summed E-state index contributed by atoms with van der Waals surface area (Å²) in [5.74, 6) is -1.60. The molecule has 2 N–H and O–H groups in total. The Morgan fingerprint density at radius 2 is 2.33 bits per heavy atom. The second-order valence-corrected chi connectivity index (χ2v) is 5.82. The van der Waals surface area contributed by atoms with E-state index in [1.807, 2.05) is 19.2 Å². The van der Waals surface area contributed by atoms with Gasteiger partial charge in [0.25, 0.3) is 0 Å². The van der Waals surface area contributed by atoms with Crippen molar-refractivity contribution in [2.75, 3.05) is 19.8 Å². The van der Waals surface area contributed by atoms with Crippen LogP contribution in [0.5, 0.6) is 0 Å². The Balaban J connectivity index is 1.96. The Bertz CT molecular complexity index is 519. The molecule has 0 aromatic carbocycles. The van der Waals surface area contributed by atoms with Gasteiger partial charge in [-0.15, -0.1) is 11.3 Å². The minimum absolute atomic E-state index is 0.148. The Hall–Kier alpha value is -1.67. The van der Waals surface area contributed by atoms with Crippen LogP contribution in [0.25, 0.3) is 0 Å². The number of carbonyl (C=O) groups is 2. The van der Waals surface area contributed by atoms with Gasteiger partial charge in [0.15, 0.2) is 0 Å². The molecule has 1 saturated heterocycles. The fourth-order valence-corrected chi connectivity index (χ4v) is 3.06. The Morgan fingerprint density at radius 1 is 1.57 bits per heavy atom. The van der Waals surface area contributed by atoms with Gasteiger partial charge < -0.3 is 20.1 Å². The molecule has 116 valence electrons. The molecule has 2 atom stereocenters. The lowest BCUT2D eigenvalue weighted by Crippen LogP contribution is -2.50. The number of hydrogen-bond donors (Lipinski definition) is 2. The Morgan fingerprint density at radius 3 is 2.90 bits per heavy atom. The number of carboxylic acid groups (broad SMARTS) is 1. The lowest BCUT2D eigenvalue weighted by molar-refractivity contribution is -0.142. The highest BCUT2D eigenvalue weighted by molar-refractivity contribution is 7.09. The smallest absolute Gasteiger partial charge is 0.318 e. The van der Waals surface area contributed by atoms with E-state index in [4.69, 9.17) is 4.74 Å². The van der Waals surface area contributed by atoms with Gasteiger partial charge >= 0.3 is 12.0 Å². The summed E-state index contributed by atoms with van der Waals surface area (Å²) in [5.41, 5.74) is 0.923. The summed E-state index contributed by atoms with van der Waals surface area (Å²) in [6, 6.07) is -0.711. The molecule has 0 radical (unpaired) electrons. The van der Waals surface area contributed by atoms with E-state index in [0.29, 0.717) is 13.1 Å². The number of aromatic nitrogens is 1. The van der Waals surface area contributed by atoms with Gasteiger partial charge in [0, 0.05) is 17.6 Å². The predicted molar refractivity (Wildman–Crippen MR) is 77.2 cm³/mol. The molecule has 2 amide bonds. The van der Waals surface area contributed by atoms with Crippen LogP contribution in [0.15, 0.2) is 5.38 Å². The number of hydrogen-bond acceptors (Lipinski definition) is 5. The largest absolute Gasteiger partial charge is 0.481 e. The lowest BCUT2D eigenvalue weighted by atomic mass is 10.0. The van der Waals surface area contributed by atoms with Crippen molar-refractivity contribution < 1.29 is 19.4 Å². The number of urea groups is 1. The van der Waals surface area contributed by atoms with Gasteiger partial charge in [-0.3, -0.25) is 4.79 Å². The van der Waals surface area contributed by atoms with Crippen molar-refractivity contribution in [3.63, 3.8) is 0 Å². The maximum atomic E-state index is 12.3. The molecule has 2 heterocycles. The molecule has 1 aliphatic rings. The molecule has 0 spiro atoms. The molecule has 0 saturated carbocycles. The van der Waals surface area contributed by atoms with Crippen molar-refractivity contribution in [2.45, 2.75) is 26.4 Å². The number of nitrogens with zero attached hydrogens (tertiary/aromatic N) is 2. The van der Waals surface area contributed by atoms with Gasteiger partial charge in [-0.05, 0) is 13.8 Å². The summed E-state index contributed by atoms with van der Waals surface area (Å²) in [5, 5.41) is 14.7. The molecule has 1 aromatic rings. The van der Waals surface area contributed by atoms with Crippen LogP contribution in [0.1, 0.15) is 17.6 Å². The molecule has 1 fully saturated rings. The SMILES string of the molecule is CCN(C(=O)NCc1nc(C)cs1)C1COCC1C(=O)O. The summed E-state index contributed by atoms with van der Waals surface area (Å²) in [6.45, 7) is 4.90. The quantitative estimate of drug-likeness (QED) is 0.849. The summed E-state index contributed by atoms with van der Waals surface area (Å²) >= 11 is 1.49. The van der Waals surface area contributed by atoms with E-state index in [0.717, 1.165) is 10.7 Å². The second kappa shape index (κ2) is 6.86. The first-order valence-electron chi connectivity index (χ1n) is 6.79. The molecule has 2 unspecified atom stereocenters. The number of aryl methyl sites for hydroxylation is 1. The molecule has 2 rings (SSSR count). The minimum atomic E-state index is -0.931. The first kappa shape index (κ1) is 15.7. The van der Waals surface area contributed by atoms with Crippen LogP contribution in [0.4, 0.5) is 4.79 Å². The molecule has 1 aliphatic heterocycles. The minimum Gasteiger partial charge on any atom is -0.481 e. The fourth-order valence-electron chi connectivity index (χ4n) is 2.35. The number of carbonyl (C=O) groups excluding carboxylic acids is 1. The monoisotopic (exact) mass is 313 g/mol. The molecule has 0 aliphatic carbocycles. The maximum absolute atomic E-state index is 12.3. The standard InChI is InChI=1S/C13H19N3O4S/c1-3-16(10-6-20-5-9(10)12(17)18)13(19)14-4-11-15-8(2)7-21-11/h7,9-10H,3-6H2,1-2H3,(H,14,19)(H,17,18). The lowest BCUT2D eigenvalue weighted by Gasteiger charge is -2.29. The summed E-state index contributed by atoms with van der Waals surface area (Å²) in [7, 11) is 0. The van der Waals surface area contributed by atoms with Crippen LogP contribution < -0.4 is 5.32 Å². The average molecular weight is 313 g/mol. The van der Waals surface area contributed by atoms with E-state index in [-0.39, 0.29) is 19.2 Å². The predicted octanol–water partition coefficient (Wildman–Crippen LogP) is 1.08. The third-order valence-electron chi connectivity index (χ3n) is 3.43. The third kappa shape index (κ3) is 3.70. The molecule has 21 heavy (non-hydrogen) atoms. The van der Waals surface area contributed by atoms with E-state index in [1.165, 1.54) is 16.2 Å². The number of ether oxygens (including phenoxy) is 1. The maximum Gasteiger partial charge on any atom is 0.318 e. The number of likely N-dealkylation sites (N-methyl/N-ethyl adjacent to an activating group) is 1. The van der Waals surface area contributed by atoms with Crippen LogP contribution in [0, 0.1) is 12.8 Å². The fraction of sp³-hybridized carbons (Fsp3) is 0.615. The highest BCUT2D eigenvalue weighted by atomic mass is 32.1. The number of nitrogens with one attached hydrogen (secondary N) is 1. The highest BCUT2D eigenvalue weighted by Gasteiger charge is 2.39. The van der Waals surface area contributed by atoms with E-state index in [2.05, 4.69) is 10.3 Å². The van der Waals surface area contributed by atoms with Crippen molar-refractivity contribution in [1.29, 1.82) is 0 Å². The van der Waals surface area contributed by atoms with Crippen molar-refractivity contribution in [1.82, 2.24) is 15.2 Å². The normalized spacial score (nSPS) is 21.2. The van der Waals surface area contributed by atoms with Crippen LogP contribution >= 0.6 is 11.3 Å². The molecular weight excluding hydrogens is 294 g/mol. The van der Waals surface area contributed by atoms with Crippen LogP contribution in [0.3, 0.4) is 0 Å². The van der Waals surface area contributed by atoms with Crippen molar-refractivity contribution in [3.8, 4) is 0 Å². The van der Waals surface area contributed by atoms with Crippen LogP contribution in [0.2, 0.25) is 0 Å². The molecular formula is C13H19N3O4S.